The van der Waals surface area contributed by atoms with E-state index in [-0.39, 0.29) is 17.9 Å². The van der Waals surface area contributed by atoms with Gasteiger partial charge in [-0.15, -0.1) is 0 Å². The Kier molecular flexibility index (Phi) is 4.88. The summed E-state index contributed by atoms with van der Waals surface area (Å²) in [4.78, 5) is 44.0. The van der Waals surface area contributed by atoms with Crippen molar-refractivity contribution in [1.29, 1.82) is 0 Å². The van der Waals surface area contributed by atoms with Crippen LogP contribution in [0.4, 0.5) is 9.93 Å². The van der Waals surface area contributed by atoms with E-state index in [4.69, 9.17) is 0 Å². The molecule has 1 saturated carbocycles. The molecule has 2 aliphatic rings. The quantitative estimate of drug-likeness (QED) is 0.723. The van der Waals surface area contributed by atoms with Gasteiger partial charge in [0.2, 0.25) is 5.91 Å². The highest BCUT2D eigenvalue weighted by Gasteiger charge is 2.56. The summed E-state index contributed by atoms with van der Waals surface area (Å²) in [5.74, 6) is -0.396. The largest absolute Gasteiger partial charge is 0.325 e. The number of hydrogen-bond acceptors (Lipinski definition) is 5. The Labute approximate surface area is 180 Å². The van der Waals surface area contributed by atoms with E-state index in [0.29, 0.717) is 23.9 Å². The van der Waals surface area contributed by atoms with Crippen LogP contribution < -0.4 is 10.6 Å². The molecule has 1 aromatic carbocycles. The molecule has 4 amide bonds. The van der Waals surface area contributed by atoms with Gasteiger partial charge < -0.3 is 10.6 Å². The molecular weight excluding hydrogens is 400 g/mol. The van der Waals surface area contributed by atoms with E-state index in [0.717, 1.165) is 32.7 Å². The predicted molar refractivity (Wildman–Crippen MR) is 117 cm³/mol. The first-order valence-corrected chi connectivity index (χ1v) is 11.1. The fourth-order valence-corrected chi connectivity index (χ4v) is 6.29. The van der Waals surface area contributed by atoms with E-state index < -0.39 is 17.5 Å². The molecule has 8 heteroatoms. The number of carbonyl (C=O) groups excluding carboxylic acids is 3. The molecule has 1 aliphatic heterocycles. The number of amides is 4. The van der Waals surface area contributed by atoms with Gasteiger partial charge in [-0.25, -0.2) is 9.78 Å². The smallest absolute Gasteiger partial charge is 0.323 e. The summed E-state index contributed by atoms with van der Waals surface area (Å²) in [7, 11) is 0. The van der Waals surface area contributed by atoms with Gasteiger partial charge in [-0.2, -0.15) is 0 Å². The van der Waals surface area contributed by atoms with Crippen LogP contribution in [0.1, 0.15) is 51.2 Å². The molecule has 2 heterocycles. The fraction of sp³-hybridized carbons (Fsp3) is 0.545. The van der Waals surface area contributed by atoms with Crippen molar-refractivity contribution in [2.75, 3.05) is 11.9 Å². The number of nitrogens with zero attached hydrogens (tertiary/aromatic N) is 2. The molecule has 2 unspecified atom stereocenters. The molecule has 1 aliphatic carbocycles. The van der Waals surface area contributed by atoms with Crippen molar-refractivity contribution in [2.45, 2.75) is 59.4 Å². The number of anilines is 1. The number of hydrogen-bond donors (Lipinski definition) is 2. The summed E-state index contributed by atoms with van der Waals surface area (Å²) in [6.45, 7) is 10.0. The van der Waals surface area contributed by atoms with E-state index >= 15 is 0 Å². The highest BCUT2D eigenvalue weighted by atomic mass is 32.1. The van der Waals surface area contributed by atoms with Crippen LogP contribution in [-0.4, -0.2) is 39.8 Å². The van der Waals surface area contributed by atoms with Gasteiger partial charge in [0.1, 0.15) is 12.1 Å². The minimum Gasteiger partial charge on any atom is -0.323 e. The average Bonchev–Trinajstić information content (AvgIpc) is 3.13. The van der Waals surface area contributed by atoms with Crippen molar-refractivity contribution in [3.8, 4) is 0 Å². The lowest BCUT2D eigenvalue weighted by molar-refractivity contribution is -0.136. The maximum atomic E-state index is 13.2. The first-order valence-electron chi connectivity index (χ1n) is 10.3. The highest BCUT2D eigenvalue weighted by Crippen LogP contribution is 2.46. The molecule has 2 aromatic rings. The Hall–Kier alpha value is -2.48. The minimum absolute atomic E-state index is 0.0460. The minimum atomic E-state index is -0.900. The number of rotatable bonds is 3. The van der Waals surface area contributed by atoms with Crippen LogP contribution in [0.5, 0.6) is 0 Å². The summed E-state index contributed by atoms with van der Waals surface area (Å²) in [5, 5.41) is 6.14. The van der Waals surface area contributed by atoms with Gasteiger partial charge in [0, 0.05) is 0 Å². The number of urea groups is 1. The highest BCUT2D eigenvalue weighted by molar-refractivity contribution is 7.22. The van der Waals surface area contributed by atoms with Crippen molar-refractivity contribution in [1.82, 2.24) is 15.2 Å². The van der Waals surface area contributed by atoms with Crippen molar-refractivity contribution in [3.63, 3.8) is 0 Å². The van der Waals surface area contributed by atoms with Crippen LogP contribution in [0.15, 0.2) is 12.1 Å². The Morgan fingerprint density at radius 3 is 2.63 bits per heavy atom. The average molecular weight is 429 g/mol. The second kappa shape index (κ2) is 7.04. The maximum Gasteiger partial charge on any atom is 0.325 e. The van der Waals surface area contributed by atoms with Crippen LogP contribution in [0, 0.1) is 25.2 Å². The van der Waals surface area contributed by atoms with Crippen LogP contribution in [0.2, 0.25) is 0 Å². The molecule has 1 spiro atoms. The van der Waals surface area contributed by atoms with Gasteiger partial charge >= 0.3 is 6.03 Å². The lowest BCUT2D eigenvalue weighted by Crippen LogP contribution is -2.54. The molecule has 2 atom stereocenters. The van der Waals surface area contributed by atoms with Gasteiger partial charge in [-0.05, 0) is 55.6 Å². The van der Waals surface area contributed by atoms with Crippen LogP contribution >= 0.6 is 11.3 Å². The third kappa shape index (κ3) is 3.57. The number of carbonyl (C=O) groups is 3. The van der Waals surface area contributed by atoms with Crippen molar-refractivity contribution >= 4 is 44.5 Å². The van der Waals surface area contributed by atoms with Gasteiger partial charge in [-0.3, -0.25) is 14.5 Å². The molecule has 0 bridgehead atoms. The fourth-order valence-electron chi connectivity index (χ4n) is 5.26. The Bertz CT molecular complexity index is 1020. The van der Waals surface area contributed by atoms with E-state index in [1.54, 1.807) is 0 Å². The molecule has 2 N–H and O–H groups in total. The summed E-state index contributed by atoms with van der Waals surface area (Å²) in [6, 6.07) is 3.54. The Morgan fingerprint density at radius 2 is 1.97 bits per heavy atom. The van der Waals surface area contributed by atoms with Crippen LogP contribution in [0.3, 0.4) is 0 Å². The molecule has 7 nitrogen and oxygen atoms in total. The van der Waals surface area contributed by atoms with E-state index in [2.05, 4.69) is 36.4 Å². The summed E-state index contributed by atoms with van der Waals surface area (Å²) < 4.78 is 1.03. The third-order valence-corrected chi connectivity index (χ3v) is 7.22. The van der Waals surface area contributed by atoms with Crippen molar-refractivity contribution in [3.05, 3.63) is 23.3 Å². The number of aromatic nitrogens is 1. The van der Waals surface area contributed by atoms with E-state index in [9.17, 15) is 14.4 Å². The van der Waals surface area contributed by atoms with Crippen LogP contribution in [0.25, 0.3) is 10.2 Å². The second-order valence-corrected chi connectivity index (χ2v) is 10.7. The SMILES string of the molecule is Cc1ccc(C)c2sc(NC(=O)CN3C(=O)NC4(CC(C)CC(C)(C)C4)C3=O)nc12. The number of aryl methyl sites for hydroxylation is 2. The van der Waals surface area contributed by atoms with E-state index in [1.807, 2.05) is 26.0 Å². The lowest BCUT2D eigenvalue weighted by Gasteiger charge is -2.43. The monoisotopic (exact) mass is 428 g/mol. The lowest BCUT2D eigenvalue weighted by atomic mass is 9.64. The van der Waals surface area contributed by atoms with E-state index in [1.165, 1.54) is 11.3 Å². The third-order valence-electron chi connectivity index (χ3n) is 6.11. The zero-order valence-corrected chi connectivity index (χ0v) is 18.9. The first-order chi connectivity index (χ1) is 14.0. The number of thiazole rings is 1. The number of fused-ring (bicyclic) bond motifs is 1. The standard InChI is InChI=1S/C22H28N4O3S/c1-12-8-21(4,5)11-22(9-12)18(28)26(20(29)25-22)10-15(27)23-19-24-16-13(2)6-7-14(3)17(16)30-19/h6-7,12H,8-11H2,1-5H3,(H,25,29)(H,23,24,27). The zero-order valence-electron chi connectivity index (χ0n) is 18.1. The molecule has 2 fully saturated rings. The van der Waals surface area contributed by atoms with Crippen LogP contribution in [-0.2, 0) is 9.59 Å². The Balaban J connectivity index is 1.50. The summed E-state index contributed by atoms with van der Waals surface area (Å²) >= 11 is 1.40. The number of nitrogens with one attached hydrogen (secondary N) is 2. The zero-order chi connectivity index (χ0) is 21.8. The molecule has 1 saturated heterocycles. The van der Waals surface area contributed by atoms with Gasteiger partial charge in [-0.1, -0.05) is 44.2 Å². The first kappa shape index (κ1) is 20.8. The predicted octanol–water partition coefficient (Wildman–Crippen LogP) is 3.99. The van der Waals surface area contributed by atoms with Crippen molar-refractivity contribution in [2.24, 2.45) is 11.3 Å². The number of imide groups is 1. The van der Waals surface area contributed by atoms with Crippen molar-refractivity contribution < 1.29 is 14.4 Å². The molecule has 0 radical (unpaired) electrons. The second-order valence-electron chi connectivity index (χ2n) is 9.70. The van der Waals surface area contributed by atoms with Gasteiger partial charge in [0.15, 0.2) is 5.13 Å². The molecule has 160 valence electrons. The summed E-state index contributed by atoms with van der Waals surface area (Å²) in [5.41, 5.74) is 2.05. The molecule has 30 heavy (non-hydrogen) atoms. The molecule has 4 rings (SSSR count). The molecular formula is C22H28N4O3S. The maximum absolute atomic E-state index is 13.2. The Morgan fingerprint density at radius 1 is 1.27 bits per heavy atom. The molecule has 1 aromatic heterocycles. The topological polar surface area (TPSA) is 91.4 Å². The van der Waals surface area contributed by atoms with Gasteiger partial charge in [0.25, 0.3) is 5.91 Å². The summed E-state index contributed by atoms with van der Waals surface area (Å²) in [6.07, 6.45) is 2.20. The normalized spacial score (nSPS) is 25.8. The number of benzene rings is 1. The van der Waals surface area contributed by atoms with Gasteiger partial charge in [0.05, 0.1) is 10.2 Å².